The molecular weight excluding hydrogens is 420 g/mol. The number of rotatable bonds is 6. The van der Waals surface area contributed by atoms with Crippen LogP contribution in [0.5, 0.6) is 5.75 Å². The van der Waals surface area contributed by atoms with Crippen LogP contribution in [0.3, 0.4) is 0 Å². The first-order valence-corrected chi connectivity index (χ1v) is 11.4. The molecule has 4 rings (SSSR count). The Bertz CT molecular complexity index is 1120. The molecule has 5 heteroatoms. The van der Waals surface area contributed by atoms with Gasteiger partial charge in [0.1, 0.15) is 17.4 Å². The molecule has 0 bridgehead atoms. The number of aryl methyl sites for hydroxylation is 1. The van der Waals surface area contributed by atoms with E-state index in [9.17, 15) is 13.6 Å². The second kappa shape index (κ2) is 9.74. The number of ether oxygens (including phenoxy) is 1. The van der Waals surface area contributed by atoms with E-state index in [1.54, 1.807) is 7.11 Å². The summed E-state index contributed by atoms with van der Waals surface area (Å²) in [5, 5.41) is 0. The Labute approximate surface area is 194 Å². The van der Waals surface area contributed by atoms with E-state index < -0.39 is 17.6 Å². The van der Waals surface area contributed by atoms with Gasteiger partial charge >= 0.3 is 0 Å². The molecule has 1 amide bonds. The summed E-state index contributed by atoms with van der Waals surface area (Å²) in [6, 6.07) is 17.3. The van der Waals surface area contributed by atoms with Crippen LogP contribution < -0.4 is 9.64 Å². The van der Waals surface area contributed by atoms with Crippen LogP contribution in [-0.4, -0.2) is 13.0 Å². The molecule has 172 valence electrons. The molecule has 0 N–H and O–H groups in total. The number of fused-ring (bicyclic) bond motifs is 1. The molecule has 0 fully saturated rings. The third-order valence-corrected chi connectivity index (χ3v) is 6.48. The van der Waals surface area contributed by atoms with Crippen LogP contribution in [0, 0.1) is 11.6 Å². The Morgan fingerprint density at radius 3 is 2.39 bits per heavy atom. The van der Waals surface area contributed by atoms with Crippen molar-refractivity contribution in [3.05, 3.63) is 94.6 Å². The average molecular weight is 450 g/mol. The zero-order chi connectivity index (χ0) is 23.5. The van der Waals surface area contributed by atoms with Crippen molar-refractivity contribution < 1.29 is 18.3 Å². The van der Waals surface area contributed by atoms with Crippen molar-refractivity contribution in [2.24, 2.45) is 0 Å². The van der Waals surface area contributed by atoms with Crippen LogP contribution in [0.4, 0.5) is 14.5 Å². The third-order valence-electron chi connectivity index (χ3n) is 6.48. The fourth-order valence-corrected chi connectivity index (χ4v) is 4.53. The molecule has 1 aliphatic carbocycles. The minimum atomic E-state index is -0.655. The monoisotopic (exact) mass is 449 g/mol. The molecule has 0 aromatic heterocycles. The van der Waals surface area contributed by atoms with Crippen LogP contribution >= 0.6 is 0 Å². The summed E-state index contributed by atoms with van der Waals surface area (Å²) in [4.78, 5) is 15.5. The topological polar surface area (TPSA) is 29.5 Å². The van der Waals surface area contributed by atoms with Gasteiger partial charge in [0.05, 0.1) is 19.6 Å². The fraction of sp³-hybridized carbons (Fsp3) is 0.321. The maximum Gasteiger partial charge on any atom is 0.234 e. The van der Waals surface area contributed by atoms with Gasteiger partial charge in [0.2, 0.25) is 5.91 Å². The minimum Gasteiger partial charge on any atom is -0.497 e. The Balaban J connectivity index is 1.76. The molecule has 0 aliphatic heterocycles. The summed E-state index contributed by atoms with van der Waals surface area (Å²) in [6.45, 7) is 4.02. The van der Waals surface area contributed by atoms with Gasteiger partial charge in [0.15, 0.2) is 0 Å². The summed E-state index contributed by atoms with van der Waals surface area (Å²) >= 11 is 0. The highest BCUT2D eigenvalue weighted by Gasteiger charge is 2.32. The quantitative estimate of drug-likeness (QED) is 0.417. The van der Waals surface area contributed by atoms with Crippen molar-refractivity contribution in [3.8, 4) is 5.75 Å². The Morgan fingerprint density at radius 1 is 1.06 bits per heavy atom. The predicted octanol–water partition coefficient (Wildman–Crippen LogP) is 6.75. The molecule has 33 heavy (non-hydrogen) atoms. The molecule has 0 heterocycles. The highest BCUT2D eigenvalue weighted by atomic mass is 19.1. The van der Waals surface area contributed by atoms with Crippen molar-refractivity contribution in [1.82, 2.24) is 0 Å². The lowest BCUT2D eigenvalue weighted by Gasteiger charge is -2.31. The Morgan fingerprint density at radius 2 is 1.76 bits per heavy atom. The van der Waals surface area contributed by atoms with E-state index in [0.29, 0.717) is 23.8 Å². The summed E-state index contributed by atoms with van der Waals surface area (Å²) < 4.78 is 34.5. The summed E-state index contributed by atoms with van der Waals surface area (Å²) in [7, 11) is 1.60. The lowest BCUT2D eigenvalue weighted by molar-refractivity contribution is -0.120. The highest BCUT2D eigenvalue weighted by molar-refractivity contribution is 5.98. The second-order valence-corrected chi connectivity index (χ2v) is 8.88. The molecule has 1 aliphatic rings. The van der Waals surface area contributed by atoms with Gasteiger partial charge in [-0.15, -0.1) is 0 Å². The summed E-state index contributed by atoms with van der Waals surface area (Å²) in [5.41, 5.74) is 3.70. The van der Waals surface area contributed by atoms with Crippen LogP contribution in [0.25, 0.3) is 0 Å². The zero-order valence-electron chi connectivity index (χ0n) is 19.3. The van der Waals surface area contributed by atoms with E-state index in [2.05, 4.69) is 13.8 Å². The van der Waals surface area contributed by atoms with Gasteiger partial charge in [-0.3, -0.25) is 4.79 Å². The van der Waals surface area contributed by atoms with Gasteiger partial charge in [0, 0.05) is 11.3 Å². The number of nitrogens with zero attached hydrogens (tertiary/aromatic N) is 1. The molecule has 3 aromatic carbocycles. The number of halogens is 2. The van der Waals surface area contributed by atoms with Crippen LogP contribution in [0.1, 0.15) is 60.8 Å². The molecule has 0 saturated heterocycles. The molecule has 3 aromatic rings. The molecule has 0 radical (unpaired) electrons. The molecule has 1 unspecified atom stereocenters. The second-order valence-electron chi connectivity index (χ2n) is 8.88. The first kappa shape index (κ1) is 23.0. The number of hydrogen-bond donors (Lipinski definition) is 0. The van der Waals surface area contributed by atoms with Gasteiger partial charge in [-0.2, -0.15) is 0 Å². The van der Waals surface area contributed by atoms with Crippen LogP contribution in [-0.2, 0) is 17.8 Å². The van der Waals surface area contributed by atoms with E-state index in [0.717, 1.165) is 29.5 Å². The fourth-order valence-electron chi connectivity index (χ4n) is 4.53. The normalized spacial score (nSPS) is 15.3. The first-order chi connectivity index (χ1) is 15.9. The van der Waals surface area contributed by atoms with Crippen molar-refractivity contribution in [2.75, 3.05) is 12.0 Å². The molecular formula is C28H29F2NO2. The van der Waals surface area contributed by atoms with Gasteiger partial charge in [0.25, 0.3) is 0 Å². The Hall–Kier alpha value is -3.21. The van der Waals surface area contributed by atoms with E-state index in [1.807, 2.05) is 42.5 Å². The van der Waals surface area contributed by atoms with Crippen molar-refractivity contribution in [3.63, 3.8) is 0 Å². The van der Waals surface area contributed by atoms with Gasteiger partial charge in [-0.1, -0.05) is 38.1 Å². The molecule has 3 nitrogen and oxygen atoms in total. The lowest BCUT2D eigenvalue weighted by Crippen LogP contribution is -2.36. The number of benzene rings is 3. The Kier molecular flexibility index (Phi) is 6.77. The maximum atomic E-state index is 14.5. The third kappa shape index (κ3) is 4.77. The van der Waals surface area contributed by atoms with Gasteiger partial charge < -0.3 is 9.64 Å². The maximum absolute atomic E-state index is 14.5. The lowest BCUT2D eigenvalue weighted by atomic mass is 9.81. The number of carbonyl (C=O) groups excluding carboxylic acids is 1. The zero-order valence-corrected chi connectivity index (χ0v) is 19.3. The highest BCUT2D eigenvalue weighted by Crippen LogP contribution is 2.37. The largest absolute Gasteiger partial charge is 0.497 e. The molecule has 0 saturated carbocycles. The standard InChI is InChI=1S/C28H29F2NO2/c1-18(2)19-10-13-21(14-11-19)31(17-25-26(29)8-5-9-27(25)30)28(32)23-7-4-6-20-12-15-22(33-3)16-24(20)23/h5,8-16,18,23H,4,6-7,17H2,1-3H3. The van der Waals surface area contributed by atoms with E-state index in [1.165, 1.54) is 23.1 Å². The van der Waals surface area contributed by atoms with E-state index in [4.69, 9.17) is 4.74 Å². The van der Waals surface area contributed by atoms with Crippen molar-refractivity contribution in [2.45, 2.75) is 51.5 Å². The number of methoxy groups -OCH3 is 1. The van der Waals surface area contributed by atoms with E-state index >= 15 is 0 Å². The van der Waals surface area contributed by atoms with Crippen molar-refractivity contribution in [1.29, 1.82) is 0 Å². The molecule has 0 spiro atoms. The number of carbonyl (C=O) groups is 1. The smallest absolute Gasteiger partial charge is 0.234 e. The minimum absolute atomic E-state index is 0.111. The number of anilines is 1. The van der Waals surface area contributed by atoms with Crippen LogP contribution in [0.2, 0.25) is 0 Å². The summed E-state index contributed by atoms with van der Waals surface area (Å²) in [5.74, 6) is -0.839. The van der Waals surface area contributed by atoms with Gasteiger partial charge in [-0.05, 0) is 78.3 Å². The average Bonchev–Trinajstić information content (AvgIpc) is 2.83. The van der Waals surface area contributed by atoms with Crippen LogP contribution in [0.15, 0.2) is 60.7 Å². The first-order valence-electron chi connectivity index (χ1n) is 11.4. The number of amides is 1. The van der Waals surface area contributed by atoms with E-state index in [-0.39, 0.29) is 18.0 Å². The van der Waals surface area contributed by atoms with Crippen molar-refractivity contribution >= 4 is 11.6 Å². The SMILES string of the molecule is COc1ccc2c(c1)C(C(=O)N(Cc1c(F)cccc1F)c1ccc(C(C)C)cc1)CCC2. The van der Waals surface area contributed by atoms with Gasteiger partial charge in [-0.25, -0.2) is 8.78 Å². The summed E-state index contributed by atoms with van der Waals surface area (Å²) in [6.07, 6.45) is 2.46. The molecule has 1 atom stereocenters. The number of hydrogen-bond acceptors (Lipinski definition) is 2. The predicted molar refractivity (Wildman–Crippen MR) is 127 cm³/mol.